The number of hydrogen-bond acceptors (Lipinski definition) is 8. The summed E-state index contributed by atoms with van der Waals surface area (Å²) >= 11 is 0. The van der Waals surface area contributed by atoms with Crippen LogP contribution in [-0.2, 0) is 23.6 Å². The molecule has 13 heteroatoms. The van der Waals surface area contributed by atoms with Crippen molar-refractivity contribution in [3.63, 3.8) is 0 Å². The fourth-order valence-electron chi connectivity index (χ4n) is 3.16. The van der Waals surface area contributed by atoms with Gasteiger partial charge in [0.2, 0.25) is 15.9 Å². The number of sulfonamides is 1. The number of hydrogen-bond donors (Lipinski definition) is 2. The van der Waals surface area contributed by atoms with Gasteiger partial charge < -0.3 is 10.1 Å². The van der Waals surface area contributed by atoms with Crippen molar-refractivity contribution in [2.24, 2.45) is 7.05 Å². The summed E-state index contributed by atoms with van der Waals surface area (Å²) < 4.78 is 35.6. The number of amides is 1. The number of aryl methyl sites for hydroxylation is 1. The fourth-order valence-corrected chi connectivity index (χ4v) is 4.64. The van der Waals surface area contributed by atoms with E-state index in [1.165, 1.54) is 17.8 Å². The molecule has 0 aliphatic heterocycles. The van der Waals surface area contributed by atoms with Gasteiger partial charge in [-0.3, -0.25) is 19.9 Å². The third-order valence-corrected chi connectivity index (χ3v) is 6.82. The minimum absolute atomic E-state index is 0.0930. The van der Waals surface area contributed by atoms with Gasteiger partial charge in [0.05, 0.1) is 4.92 Å². The largest absolute Gasteiger partial charge is 0.438 e. The molecule has 0 fully saturated rings. The molecule has 3 rings (SSSR count). The second kappa shape index (κ2) is 10.6. The lowest BCUT2D eigenvalue weighted by Crippen LogP contribution is -2.32. The first kappa shape index (κ1) is 25.8. The molecule has 35 heavy (non-hydrogen) atoms. The number of nitro groups is 1. The van der Waals surface area contributed by atoms with Crippen molar-refractivity contribution < 1.29 is 22.9 Å². The number of nitro benzene ring substituents is 1. The van der Waals surface area contributed by atoms with Gasteiger partial charge in [-0.1, -0.05) is 13.0 Å². The molecule has 0 aliphatic carbocycles. The number of rotatable bonds is 10. The van der Waals surface area contributed by atoms with Gasteiger partial charge in [-0.05, 0) is 38.0 Å². The smallest absolute Gasteiger partial charge is 0.272 e. The molecular formula is C22H26N6O6S. The topological polar surface area (TPSA) is 158 Å². The highest BCUT2D eigenvalue weighted by molar-refractivity contribution is 7.89. The summed E-state index contributed by atoms with van der Waals surface area (Å²) in [6.45, 7) is 5.33. The maximum atomic E-state index is 13.0. The van der Waals surface area contributed by atoms with Crippen LogP contribution < -0.4 is 14.8 Å². The molecule has 0 saturated carbocycles. The third kappa shape index (κ3) is 6.00. The molecule has 2 aromatic heterocycles. The molecule has 0 radical (unpaired) electrons. The quantitative estimate of drug-likeness (QED) is 0.316. The van der Waals surface area contributed by atoms with E-state index in [1.807, 2.05) is 6.07 Å². The van der Waals surface area contributed by atoms with Crippen LogP contribution in [0.5, 0.6) is 11.6 Å². The van der Waals surface area contributed by atoms with Crippen molar-refractivity contribution in [2.45, 2.75) is 44.7 Å². The molecule has 2 heterocycles. The molecule has 3 aromatic rings. The van der Waals surface area contributed by atoms with E-state index in [-0.39, 0.29) is 23.9 Å². The lowest BCUT2D eigenvalue weighted by Gasteiger charge is -2.15. The summed E-state index contributed by atoms with van der Waals surface area (Å²) in [5.74, 6) is -0.475. The Hall–Kier alpha value is -3.84. The maximum Gasteiger partial charge on any atom is 0.272 e. The average Bonchev–Trinajstić information content (AvgIpc) is 3.11. The Morgan fingerprint density at radius 3 is 2.69 bits per heavy atom. The van der Waals surface area contributed by atoms with Crippen molar-refractivity contribution in [1.29, 1.82) is 0 Å². The van der Waals surface area contributed by atoms with Gasteiger partial charge >= 0.3 is 0 Å². The summed E-state index contributed by atoms with van der Waals surface area (Å²) in [6, 6.07) is 6.46. The van der Waals surface area contributed by atoms with Crippen molar-refractivity contribution in [3.8, 4) is 11.6 Å². The van der Waals surface area contributed by atoms with Crippen molar-refractivity contribution in [2.75, 3.05) is 0 Å². The van der Waals surface area contributed by atoms with E-state index in [1.54, 1.807) is 39.2 Å². The molecule has 1 atom stereocenters. The molecule has 1 aromatic carbocycles. The Balaban J connectivity index is 1.93. The van der Waals surface area contributed by atoms with Crippen LogP contribution >= 0.6 is 0 Å². The van der Waals surface area contributed by atoms with Crippen LogP contribution in [-0.4, -0.2) is 40.1 Å². The zero-order valence-electron chi connectivity index (χ0n) is 19.7. The SMILES string of the molecule is CCC(C)NS(=O)(=O)c1cc([N+](=O)[O-])ccc1Oc1c(C)c(C(=O)NCc2cccnc2)nn1C. The van der Waals surface area contributed by atoms with E-state index >= 15 is 0 Å². The first-order valence-electron chi connectivity index (χ1n) is 10.7. The lowest BCUT2D eigenvalue weighted by atomic mass is 10.2. The summed E-state index contributed by atoms with van der Waals surface area (Å²) in [5, 5.41) is 18.2. The van der Waals surface area contributed by atoms with Gasteiger partial charge in [0.25, 0.3) is 11.6 Å². The van der Waals surface area contributed by atoms with Crippen molar-refractivity contribution in [3.05, 3.63) is 69.7 Å². The van der Waals surface area contributed by atoms with E-state index in [0.29, 0.717) is 12.0 Å². The Morgan fingerprint density at radius 1 is 1.31 bits per heavy atom. The molecule has 0 bridgehead atoms. The summed E-state index contributed by atoms with van der Waals surface area (Å²) in [4.78, 5) is 26.9. The Kier molecular flexibility index (Phi) is 7.82. The molecule has 12 nitrogen and oxygen atoms in total. The zero-order valence-corrected chi connectivity index (χ0v) is 20.5. The third-order valence-electron chi connectivity index (χ3n) is 5.21. The predicted molar refractivity (Wildman–Crippen MR) is 127 cm³/mol. The highest BCUT2D eigenvalue weighted by Gasteiger charge is 2.27. The van der Waals surface area contributed by atoms with E-state index in [0.717, 1.165) is 17.7 Å². The summed E-state index contributed by atoms with van der Waals surface area (Å²) in [6.07, 6.45) is 3.77. The highest BCUT2D eigenvalue weighted by atomic mass is 32.2. The number of nitrogens with zero attached hydrogens (tertiary/aromatic N) is 4. The van der Waals surface area contributed by atoms with Gasteiger partial charge in [0.15, 0.2) is 5.69 Å². The van der Waals surface area contributed by atoms with Gasteiger partial charge in [-0.2, -0.15) is 5.10 Å². The predicted octanol–water partition coefficient (Wildman–Crippen LogP) is 2.83. The van der Waals surface area contributed by atoms with Crippen LogP contribution in [0.1, 0.15) is 41.9 Å². The Morgan fingerprint density at radius 2 is 2.06 bits per heavy atom. The normalized spacial score (nSPS) is 12.2. The fraction of sp³-hybridized carbons (Fsp3) is 0.318. The van der Waals surface area contributed by atoms with Gasteiger partial charge in [-0.25, -0.2) is 17.8 Å². The van der Waals surface area contributed by atoms with E-state index in [9.17, 15) is 23.3 Å². The van der Waals surface area contributed by atoms with E-state index in [4.69, 9.17) is 4.74 Å². The maximum absolute atomic E-state index is 13.0. The van der Waals surface area contributed by atoms with E-state index < -0.39 is 37.5 Å². The summed E-state index contributed by atoms with van der Waals surface area (Å²) in [7, 11) is -2.61. The number of nitrogens with one attached hydrogen (secondary N) is 2. The highest BCUT2D eigenvalue weighted by Crippen LogP contribution is 2.34. The first-order chi connectivity index (χ1) is 16.5. The van der Waals surface area contributed by atoms with Crippen LogP contribution in [0.25, 0.3) is 0 Å². The minimum atomic E-state index is -4.15. The Labute approximate surface area is 202 Å². The molecular weight excluding hydrogens is 476 g/mol. The molecule has 0 aliphatic rings. The molecule has 0 spiro atoms. The van der Waals surface area contributed by atoms with Crippen LogP contribution in [0.4, 0.5) is 5.69 Å². The summed E-state index contributed by atoms with van der Waals surface area (Å²) in [5.41, 5.74) is 0.864. The molecule has 2 N–H and O–H groups in total. The van der Waals surface area contributed by atoms with Crippen LogP contribution in [0.2, 0.25) is 0 Å². The molecule has 0 saturated heterocycles. The lowest BCUT2D eigenvalue weighted by molar-refractivity contribution is -0.385. The number of carbonyl (C=O) groups excluding carboxylic acids is 1. The number of carbonyl (C=O) groups is 1. The van der Waals surface area contributed by atoms with Gasteiger partial charge in [-0.15, -0.1) is 0 Å². The number of benzene rings is 1. The van der Waals surface area contributed by atoms with Crippen LogP contribution in [0.3, 0.4) is 0 Å². The first-order valence-corrected chi connectivity index (χ1v) is 12.2. The second-order valence-electron chi connectivity index (χ2n) is 7.87. The molecule has 1 unspecified atom stereocenters. The van der Waals surface area contributed by atoms with Crippen LogP contribution in [0, 0.1) is 17.0 Å². The van der Waals surface area contributed by atoms with Gasteiger partial charge in [0.1, 0.15) is 10.6 Å². The standard InChI is InChI=1S/C22H26N6O6S/c1-5-14(2)26-35(32,33)19-11-17(28(30)31)8-9-18(19)34-22-15(3)20(25-27(22)4)21(29)24-13-16-7-6-10-23-12-16/h6-12,14,26H,5,13H2,1-4H3,(H,24,29). The second-order valence-corrected chi connectivity index (χ2v) is 9.55. The monoisotopic (exact) mass is 502 g/mol. The van der Waals surface area contributed by atoms with Crippen LogP contribution in [0.15, 0.2) is 47.6 Å². The van der Waals surface area contributed by atoms with Crippen molar-refractivity contribution in [1.82, 2.24) is 24.8 Å². The average molecular weight is 503 g/mol. The zero-order chi connectivity index (χ0) is 25.8. The number of pyridine rings is 1. The number of aromatic nitrogens is 3. The molecule has 186 valence electrons. The number of non-ortho nitro benzene ring substituents is 1. The minimum Gasteiger partial charge on any atom is -0.438 e. The Bertz CT molecular complexity index is 1340. The van der Waals surface area contributed by atoms with E-state index in [2.05, 4.69) is 20.1 Å². The number of ether oxygens (including phenoxy) is 1. The van der Waals surface area contributed by atoms with Crippen molar-refractivity contribution >= 4 is 21.6 Å². The van der Waals surface area contributed by atoms with Gasteiger partial charge in [0, 0.05) is 49.7 Å². The molecule has 1 amide bonds.